The lowest BCUT2D eigenvalue weighted by Gasteiger charge is -2.14. The average Bonchev–Trinajstić information content (AvgIpc) is 2.91. The van der Waals surface area contributed by atoms with Gasteiger partial charge in [0.1, 0.15) is 4.32 Å². The van der Waals surface area contributed by atoms with Crippen molar-refractivity contribution in [1.82, 2.24) is 4.90 Å². The highest BCUT2D eigenvalue weighted by Crippen LogP contribution is 2.32. The molecule has 0 unspecified atom stereocenters. The predicted molar refractivity (Wildman–Crippen MR) is 115 cm³/mol. The molecule has 1 heterocycles. The van der Waals surface area contributed by atoms with Gasteiger partial charge in [0.2, 0.25) is 0 Å². The molecule has 0 atom stereocenters. The Bertz CT molecular complexity index is 855. The van der Waals surface area contributed by atoms with E-state index in [-0.39, 0.29) is 5.91 Å². The second kappa shape index (κ2) is 8.34. The summed E-state index contributed by atoms with van der Waals surface area (Å²) in [6.45, 7) is 0.512. The van der Waals surface area contributed by atoms with Gasteiger partial charge in [-0.3, -0.25) is 9.69 Å². The monoisotopic (exact) mass is 380 g/mol. The zero-order valence-electron chi connectivity index (χ0n) is 14.8. The molecule has 26 heavy (non-hydrogen) atoms. The molecule has 0 aliphatic carbocycles. The molecule has 2 aromatic carbocycles. The molecule has 3 rings (SSSR count). The number of carbonyl (C=O) groups is 1. The van der Waals surface area contributed by atoms with Crippen LogP contribution in [0.2, 0.25) is 0 Å². The third kappa shape index (κ3) is 4.42. The Morgan fingerprint density at radius 3 is 2.42 bits per heavy atom. The number of hydrogen-bond acceptors (Lipinski definition) is 4. The maximum Gasteiger partial charge on any atom is 0.266 e. The van der Waals surface area contributed by atoms with E-state index in [2.05, 4.69) is 29.2 Å². The fraction of sp³-hybridized carbons (Fsp3) is 0.143. The first-order valence-electron chi connectivity index (χ1n) is 8.28. The highest BCUT2D eigenvalue weighted by atomic mass is 32.2. The normalized spacial score (nSPS) is 16.1. The fourth-order valence-corrected chi connectivity index (χ4v) is 3.75. The minimum atomic E-state index is -0.0311. The van der Waals surface area contributed by atoms with Crippen molar-refractivity contribution >= 4 is 46.0 Å². The molecule has 2 aromatic rings. The Balaban J connectivity index is 1.67. The minimum absolute atomic E-state index is 0.0311. The summed E-state index contributed by atoms with van der Waals surface area (Å²) >= 11 is 6.73. The average molecular weight is 381 g/mol. The van der Waals surface area contributed by atoms with E-state index in [0.717, 1.165) is 16.8 Å². The van der Waals surface area contributed by atoms with E-state index in [1.54, 1.807) is 4.90 Å². The summed E-state index contributed by atoms with van der Waals surface area (Å²) in [5.41, 5.74) is 3.32. The summed E-state index contributed by atoms with van der Waals surface area (Å²) < 4.78 is 0.605. The molecule has 1 fully saturated rings. The van der Waals surface area contributed by atoms with Gasteiger partial charge in [0, 0.05) is 19.8 Å². The Morgan fingerprint density at radius 1 is 1.08 bits per heavy atom. The van der Waals surface area contributed by atoms with E-state index in [1.807, 2.05) is 62.7 Å². The summed E-state index contributed by atoms with van der Waals surface area (Å²) in [5.74, 6) is -0.0311. The minimum Gasteiger partial charge on any atom is -0.378 e. The van der Waals surface area contributed by atoms with Crippen molar-refractivity contribution in [3.63, 3.8) is 0 Å². The van der Waals surface area contributed by atoms with E-state index < -0.39 is 0 Å². The number of anilines is 1. The number of thioether (sulfide) groups is 1. The summed E-state index contributed by atoms with van der Waals surface area (Å²) in [7, 11) is 4.03. The van der Waals surface area contributed by atoms with Crippen LogP contribution < -0.4 is 4.90 Å². The lowest BCUT2D eigenvalue weighted by molar-refractivity contribution is -0.122. The maximum absolute atomic E-state index is 12.6. The first-order chi connectivity index (χ1) is 12.5. The Morgan fingerprint density at radius 2 is 1.77 bits per heavy atom. The van der Waals surface area contributed by atoms with E-state index in [0.29, 0.717) is 15.8 Å². The van der Waals surface area contributed by atoms with Crippen LogP contribution in [0.25, 0.3) is 6.08 Å². The van der Waals surface area contributed by atoms with Crippen LogP contribution in [0.5, 0.6) is 0 Å². The second-order valence-corrected chi connectivity index (χ2v) is 7.80. The van der Waals surface area contributed by atoms with Crippen LogP contribution in [0, 0.1) is 0 Å². The third-order valence-corrected chi connectivity index (χ3v) is 5.40. The first kappa shape index (κ1) is 18.4. The molecule has 1 aliphatic heterocycles. The van der Waals surface area contributed by atoms with Crippen molar-refractivity contribution in [2.45, 2.75) is 6.54 Å². The molecule has 0 N–H and O–H groups in total. The number of carbonyl (C=O) groups excluding carboxylic acids is 1. The van der Waals surface area contributed by atoms with Gasteiger partial charge in [-0.1, -0.05) is 78.6 Å². The predicted octanol–water partition coefficient (Wildman–Crippen LogP) is 4.71. The van der Waals surface area contributed by atoms with Crippen LogP contribution in [-0.4, -0.2) is 29.2 Å². The summed E-state index contributed by atoms with van der Waals surface area (Å²) in [6, 6.07) is 18.1. The third-order valence-electron chi connectivity index (χ3n) is 4.00. The highest BCUT2D eigenvalue weighted by Gasteiger charge is 2.31. The number of rotatable bonds is 5. The van der Waals surface area contributed by atoms with Crippen molar-refractivity contribution < 1.29 is 4.79 Å². The molecular weight excluding hydrogens is 360 g/mol. The second-order valence-electron chi connectivity index (χ2n) is 6.12. The molecule has 132 valence electrons. The smallest absolute Gasteiger partial charge is 0.266 e. The first-order valence-corrected chi connectivity index (χ1v) is 9.50. The number of allylic oxidation sites excluding steroid dienone is 2. The molecule has 1 amide bonds. The van der Waals surface area contributed by atoms with E-state index in [9.17, 15) is 4.79 Å². The van der Waals surface area contributed by atoms with Crippen molar-refractivity contribution in [1.29, 1.82) is 0 Å². The van der Waals surface area contributed by atoms with Crippen LogP contribution in [0.4, 0.5) is 5.69 Å². The quantitative estimate of drug-likeness (QED) is 0.554. The molecule has 1 aliphatic rings. The molecule has 1 saturated heterocycles. The summed E-state index contributed by atoms with van der Waals surface area (Å²) in [4.78, 5) is 17.0. The Hall–Kier alpha value is -2.37. The van der Waals surface area contributed by atoms with E-state index >= 15 is 0 Å². The number of nitrogens with zero attached hydrogens (tertiary/aromatic N) is 2. The fourth-order valence-electron chi connectivity index (χ4n) is 2.55. The summed E-state index contributed by atoms with van der Waals surface area (Å²) in [6.07, 6.45) is 5.73. The molecule has 0 aromatic heterocycles. The number of hydrogen-bond donors (Lipinski definition) is 0. The van der Waals surface area contributed by atoms with E-state index in [1.165, 1.54) is 11.8 Å². The SMILES string of the molecule is CN(C)c1ccc(C=CC=C2SC(=S)N(Cc3ccccc3)C2=O)cc1. The lowest BCUT2D eigenvalue weighted by Crippen LogP contribution is -2.27. The van der Waals surface area contributed by atoms with Crippen molar-refractivity contribution in [3.8, 4) is 0 Å². The molecular formula is C21H20N2OS2. The van der Waals surface area contributed by atoms with Gasteiger partial charge in [0.25, 0.3) is 5.91 Å². The lowest BCUT2D eigenvalue weighted by atomic mass is 10.2. The Kier molecular flexibility index (Phi) is 5.91. The standard InChI is InChI=1S/C21H20N2OS2/c1-22(2)18-13-11-16(12-14-18)9-6-10-19-20(24)23(21(25)26-19)15-17-7-4-3-5-8-17/h3-14H,15H2,1-2H3. The van der Waals surface area contributed by atoms with Gasteiger partial charge in [-0.2, -0.15) is 0 Å². The van der Waals surface area contributed by atoms with Crippen LogP contribution >= 0.6 is 24.0 Å². The Labute approximate surface area is 164 Å². The van der Waals surface area contributed by atoms with Crippen molar-refractivity contribution in [3.05, 3.63) is 82.8 Å². The van der Waals surface area contributed by atoms with Gasteiger partial charge in [-0.15, -0.1) is 0 Å². The molecule has 5 heteroatoms. The summed E-state index contributed by atoms with van der Waals surface area (Å²) in [5, 5.41) is 0. The zero-order chi connectivity index (χ0) is 18.5. The molecule has 0 radical (unpaired) electrons. The topological polar surface area (TPSA) is 23.6 Å². The maximum atomic E-state index is 12.6. The number of benzene rings is 2. The molecule has 0 bridgehead atoms. The molecule has 0 spiro atoms. The van der Waals surface area contributed by atoms with Gasteiger partial charge < -0.3 is 4.90 Å². The number of thiocarbonyl (C=S) groups is 1. The zero-order valence-corrected chi connectivity index (χ0v) is 16.4. The van der Waals surface area contributed by atoms with Gasteiger partial charge in [0.05, 0.1) is 11.4 Å². The van der Waals surface area contributed by atoms with Crippen LogP contribution in [0.3, 0.4) is 0 Å². The van der Waals surface area contributed by atoms with Crippen LogP contribution in [0.1, 0.15) is 11.1 Å². The highest BCUT2D eigenvalue weighted by molar-refractivity contribution is 8.26. The molecule has 0 saturated carbocycles. The van der Waals surface area contributed by atoms with Gasteiger partial charge >= 0.3 is 0 Å². The largest absolute Gasteiger partial charge is 0.378 e. The van der Waals surface area contributed by atoms with Crippen molar-refractivity contribution in [2.24, 2.45) is 0 Å². The van der Waals surface area contributed by atoms with E-state index in [4.69, 9.17) is 12.2 Å². The number of amides is 1. The van der Waals surface area contributed by atoms with Gasteiger partial charge in [-0.25, -0.2) is 0 Å². The van der Waals surface area contributed by atoms with Gasteiger partial charge in [0.15, 0.2) is 0 Å². The van der Waals surface area contributed by atoms with Crippen molar-refractivity contribution in [2.75, 3.05) is 19.0 Å². The van der Waals surface area contributed by atoms with Gasteiger partial charge in [-0.05, 0) is 29.3 Å². The molecule has 3 nitrogen and oxygen atoms in total. The van der Waals surface area contributed by atoms with Crippen LogP contribution in [0.15, 0.2) is 71.7 Å². The van der Waals surface area contributed by atoms with Crippen LogP contribution in [-0.2, 0) is 11.3 Å².